The molecule has 1 atom stereocenters. The van der Waals surface area contributed by atoms with E-state index in [1.54, 1.807) is 19.2 Å². The average molecular weight is 362 g/mol. The first-order valence-corrected chi connectivity index (χ1v) is 7.07. The number of carbonyl (C=O) groups excluding carboxylic acids is 1. The van der Waals surface area contributed by atoms with Crippen LogP contribution in [0.25, 0.3) is 0 Å². The highest BCUT2D eigenvalue weighted by Gasteiger charge is 2.19. The minimum absolute atomic E-state index is 0.171. The minimum Gasteiger partial charge on any atom is -0.495 e. The molecular formula is C14H20BrNO5. The van der Waals surface area contributed by atoms with E-state index >= 15 is 0 Å². The number of aliphatic hydroxyl groups excluding tert-OH is 1. The molecule has 0 saturated carbocycles. The molecule has 0 aromatic heterocycles. The molecule has 0 fully saturated rings. The second kappa shape index (κ2) is 8.21. The lowest BCUT2D eigenvalue weighted by Gasteiger charge is -2.21. The van der Waals surface area contributed by atoms with Gasteiger partial charge in [-0.2, -0.15) is 0 Å². The number of nitrogens with zero attached hydrogens (tertiary/aromatic N) is 1. The van der Waals surface area contributed by atoms with Crippen LogP contribution in [0.15, 0.2) is 16.6 Å². The van der Waals surface area contributed by atoms with E-state index in [0.29, 0.717) is 21.5 Å². The van der Waals surface area contributed by atoms with Gasteiger partial charge in [-0.15, -0.1) is 0 Å². The van der Waals surface area contributed by atoms with Crippen LogP contribution in [0.5, 0.6) is 11.5 Å². The first kappa shape index (κ1) is 17.7. The third-order valence-electron chi connectivity index (χ3n) is 2.88. The fourth-order valence-electron chi connectivity index (χ4n) is 1.86. The molecule has 0 aliphatic rings. The number of amides is 1. The second-order valence-corrected chi connectivity index (χ2v) is 5.28. The summed E-state index contributed by atoms with van der Waals surface area (Å²) in [4.78, 5) is 13.8. The van der Waals surface area contributed by atoms with Gasteiger partial charge in [0.15, 0.2) is 0 Å². The third kappa shape index (κ3) is 4.59. The number of hydrogen-bond acceptors (Lipinski definition) is 5. The predicted molar refractivity (Wildman–Crippen MR) is 82.1 cm³/mol. The Morgan fingerprint density at radius 1 is 1.29 bits per heavy atom. The summed E-state index contributed by atoms with van der Waals surface area (Å²) >= 11 is 3.35. The zero-order valence-electron chi connectivity index (χ0n) is 12.6. The normalized spacial score (nSPS) is 11.9. The highest BCUT2D eigenvalue weighted by atomic mass is 79.9. The molecule has 1 amide bonds. The highest BCUT2D eigenvalue weighted by molar-refractivity contribution is 9.10. The molecular weight excluding hydrogens is 342 g/mol. The molecule has 0 spiro atoms. The SMILES string of the molecule is COCC(O)CN(C)C(=O)c1cc(OC)c(Br)c(OC)c1. The Kier molecular flexibility index (Phi) is 6.94. The van der Waals surface area contributed by atoms with Crippen molar-refractivity contribution in [2.45, 2.75) is 6.10 Å². The number of carbonyl (C=O) groups is 1. The van der Waals surface area contributed by atoms with Crippen molar-refractivity contribution in [2.75, 3.05) is 41.5 Å². The van der Waals surface area contributed by atoms with Crippen molar-refractivity contribution >= 4 is 21.8 Å². The molecule has 1 N–H and O–H groups in total. The van der Waals surface area contributed by atoms with Crippen LogP contribution in [0.2, 0.25) is 0 Å². The predicted octanol–water partition coefficient (Wildman–Crippen LogP) is 1.55. The first-order valence-electron chi connectivity index (χ1n) is 6.28. The fourth-order valence-corrected chi connectivity index (χ4v) is 2.41. The van der Waals surface area contributed by atoms with Crippen molar-refractivity contribution in [3.63, 3.8) is 0 Å². The molecule has 6 nitrogen and oxygen atoms in total. The number of aliphatic hydroxyl groups is 1. The lowest BCUT2D eigenvalue weighted by Crippen LogP contribution is -2.36. The first-order chi connectivity index (χ1) is 9.94. The van der Waals surface area contributed by atoms with Gasteiger partial charge in [0.25, 0.3) is 5.91 Å². The Bertz CT molecular complexity index is 469. The number of rotatable bonds is 7. The van der Waals surface area contributed by atoms with Gasteiger partial charge in [0, 0.05) is 26.3 Å². The van der Waals surface area contributed by atoms with Gasteiger partial charge in [-0.25, -0.2) is 0 Å². The van der Waals surface area contributed by atoms with Gasteiger partial charge in [0.1, 0.15) is 16.0 Å². The fraction of sp³-hybridized carbons (Fsp3) is 0.500. The Morgan fingerprint density at radius 3 is 2.24 bits per heavy atom. The van der Waals surface area contributed by atoms with Crippen LogP contribution in [0.1, 0.15) is 10.4 Å². The summed E-state index contributed by atoms with van der Waals surface area (Å²) in [6.07, 6.45) is -0.733. The van der Waals surface area contributed by atoms with Gasteiger partial charge in [-0.1, -0.05) is 0 Å². The standard InChI is InChI=1S/C14H20BrNO5/c1-16(7-10(17)8-19-2)14(18)9-5-11(20-3)13(15)12(6-9)21-4/h5-6,10,17H,7-8H2,1-4H3. The van der Waals surface area contributed by atoms with E-state index in [2.05, 4.69) is 15.9 Å². The van der Waals surface area contributed by atoms with Crippen molar-refractivity contribution in [1.82, 2.24) is 4.90 Å². The summed E-state index contributed by atoms with van der Waals surface area (Å²) in [6.45, 7) is 0.345. The second-order valence-electron chi connectivity index (χ2n) is 4.49. The number of benzene rings is 1. The number of methoxy groups -OCH3 is 3. The Hall–Kier alpha value is -1.31. The summed E-state index contributed by atoms with van der Waals surface area (Å²) in [6, 6.07) is 3.24. The molecule has 1 unspecified atom stereocenters. The quantitative estimate of drug-likeness (QED) is 0.797. The maximum absolute atomic E-state index is 12.4. The third-order valence-corrected chi connectivity index (χ3v) is 3.66. The van der Waals surface area contributed by atoms with E-state index in [-0.39, 0.29) is 19.1 Å². The molecule has 0 aliphatic carbocycles. The summed E-state index contributed by atoms with van der Waals surface area (Å²) in [5.41, 5.74) is 0.416. The Morgan fingerprint density at radius 2 is 1.81 bits per heavy atom. The molecule has 1 aromatic carbocycles. The van der Waals surface area contributed by atoms with Gasteiger partial charge in [0.05, 0.1) is 26.9 Å². The van der Waals surface area contributed by atoms with E-state index in [1.165, 1.54) is 26.2 Å². The maximum atomic E-state index is 12.4. The summed E-state index contributed by atoms with van der Waals surface area (Å²) < 4.78 is 15.9. The van der Waals surface area contributed by atoms with Crippen LogP contribution in [0.3, 0.4) is 0 Å². The van der Waals surface area contributed by atoms with Crippen molar-refractivity contribution in [1.29, 1.82) is 0 Å². The maximum Gasteiger partial charge on any atom is 0.253 e. The molecule has 1 rings (SSSR count). The number of likely N-dealkylation sites (N-methyl/N-ethyl adjacent to an activating group) is 1. The van der Waals surface area contributed by atoms with Crippen molar-refractivity contribution in [3.05, 3.63) is 22.2 Å². The van der Waals surface area contributed by atoms with Gasteiger partial charge in [0.2, 0.25) is 0 Å². The largest absolute Gasteiger partial charge is 0.495 e. The van der Waals surface area contributed by atoms with Crippen LogP contribution >= 0.6 is 15.9 Å². The lowest BCUT2D eigenvalue weighted by atomic mass is 10.1. The summed E-state index contributed by atoms with van der Waals surface area (Å²) in [5.74, 6) is 0.765. The molecule has 0 aliphatic heterocycles. The molecule has 0 saturated heterocycles. The number of hydrogen-bond donors (Lipinski definition) is 1. The molecule has 0 bridgehead atoms. The van der Waals surface area contributed by atoms with Crippen LogP contribution in [0, 0.1) is 0 Å². The van der Waals surface area contributed by atoms with Crippen LogP contribution in [-0.2, 0) is 4.74 Å². The molecule has 0 radical (unpaired) electrons. The lowest BCUT2D eigenvalue weighted by molar-refractivity contribution is 0.0380. The van der Waals surface area contributed by atoms with Crippen molar-refractivity contribution in [2.24, 2.45) is 0 Å². The minimum atomic E-state index is -0.733. The Balaban J connectivity index is 2.96. The summed E-state index contributed by atoms with van der Waals surface area (Å²) in [7, 11) is 6.14. The van der Waals surface area contributed by atoms with E-state index in [4.69, 9.17) is 14.2 Å². The van der Waals surface area contributed by atoms with E-state index < -0.39 is 6.10 Å². The van der Waals surface area contributed by atoms with Crippen molar-refractivity contribution < 1.29 is 24.1 Å². The van der Waals surface area contributed by atoms with Gasteiger partial charge >= 0.3 is 0 Å². The smallest absolute Gasteiger partial charge is 0.253 e. The Labute approximate surface area is 132 Å². The monoisotopic (exact) mass is 361 g/mol. The molecule has 118 valence electrons. The number of halogens is 1. The molecule has 7 heteroatoms. The van der Waals surface area contributed by atoms with E-state index in [9.17, 15) is 9.90 Å². The van der Waals surface area contributed by atoms with E-state index in [0.717, 1.165) is 0 Å². The zero-order valence-corrected chi connectivity index (χ0v) is 14.1. The molecule has 21 heavy (non-hydrogen) atoms. The van der Waals surface area contributed by atoms with Gasteiger partial charge in [-0.3, -0.25) is 4.79 Å². The van der Waals surface area contributed by atoms with Crippen LogP contribution < -0.4 is 9.47 Å². The van der Waals surface area contributed by atoms with E-state index in [1.807, 2.05) is 0 Å². The van der Waals surface area contributed by atoms with Gasteiger partial charge < -0.3 is 24.2 Å². The highest BCUT2D eigenvalue weighted by Crippen LogP contribution is 2.35. The number of ether oxygens (including phenoxy) is 3. The van der Waals surface area contributed by atoms with Crippen molar-refractivity contribution in [3.8, 4) is 11.5 Å². The van der Waals surface area contributed by atoms with Crippen LogP contribution in [0.4, 0.5) is 0 Å². The topological polar surface area (TPSA) is 68.2 Å². The average Bonchev–Trinajstić information content (AvgIpc) is 2.46. The zero-order chi connectivity index (χ0) is 16.0. The van der Waals surface area contributed by atoms with Crippen LogP contribution in [-0.4, -0.2) is 63.5 Å². The summed E-state index contributed by atoms with van der Waals surface area (Å²) in [5, 5.41) is 9.69. The molecule has 1 aromatic rings. The van der Waals surface area contributed by atoms with Gasteiger partial charge in [-0.05, 0) is 28.1 Å². The molecule has 0 heterocycles.